The number of carbonyl (C=O) groups is 1. The quantitative estimate of drug-likeness (QED) is 0.848. The highest BCUT2D eigenvalue weighted by Crippen LogP contribution is 2.22. The van der Waals surface area contributed by atoms with Gasteiger partial charge < -0.3 is 14.5 Å². The second-order valence-electron chi connectivity index (χ2n) is 3.75. The maximum Gasteiger partial charge on any atom is 0.287 e. The zero-order chi connectivity index (χ0) is 13.0. The van der Waals surface area contributed by atoms with Gasteiger partial charge in [0.05, 0.1) is 6.61 Å². The van der Waals surface area contributed by atoms with Crippen molar-refractivity contribution in [3.8, 4) is 0 Å². The first-order chi connectivity index (χ1) is 8.70. The number of rotatable bonds is 5. The second-order valence-corrected chi connectivity index (χ2v) is 4.18. The van der Waals surface area contributed by atoms with Crippen LogP contribution in [0.3, 0.4) is 0 Å². The van der Waals surface area contributed by atoms with Crippen molar-refractivity contribution in [1.82, 2.24) is 5.32 Å². The molecule has 0 aliphatic rings. The van der Waals surface area contributed by atoms with Crippen molar-refractivity contribution in [2.75, 3.05) is 19.8 Å². The molecule has 18 heavy (non-hydrogen) atoms. The molecule has 0 aliphatic carbocycles. The second kappa shape index (κ2) is 5.89. The van der Waals surface area contributed by atoms with Crippen LogP contribution in [0.5, 0.6) is 0 Å². The number of nitrogens with one attached hydrogen (secondary N) is 1. The minimum atomic E-state index is -0.248. The summed E-state index contributed by atoms with van der Waals surface area (Å²) >= 11 is 5.87. The van der Waals surface area contributed by atoms with Crippen LogP contribution in [0.1, 0.15) is 17.5 Å². The lowest BCUT2D eigenvalue weighted by Crippen LogP contribution is -2.26. The molecule has 0 saturated heterocycles. The predicted octanol–water partition coefficient (Wildman–Crippen LogP) is 2.85. The van der Waals surface area contributed by atoms with Gasteiger partial charge >= 0.3 is 0 Å². The molecule has 0 spiro atoms. The van der Waals surface area contributed by atoms with Gasteiger partial charge in [-0.25, -0.2) is 0 Å². The van der Waals surface area contributed by atoms with Gasteiger partial charge in [0.2, 0.25) is 0 Å². The molecule has 1 heterocycles. The number of furan rings is 1. The van der Waals surface area contributed by atoms with Crippen molar-refractivity contribution in [1.29, 1.82) is 0 Å². The summed E-state index contributed by atoms with van der Waals surface area (Å²) in [6, 6.07) is 6.91. The first kappa shape index (κ1) is 12.9. The molecule has 0 atom stereocenters. The molecular weight excluding hydrogens is 254 g/mol. The molecule has 0 fully saturated rings. The predicted molar refractivity (Wildman–Crippen MR) is 70.1 cm³/mol. The average molecular weight is 268 g/mol. The number of amides is 1. The Morgan fingerprint density at radius 2 is 2.28 bits per heavy atom. The Morgan fingerprint density at radius 3 is 3.06 bits per heavy atom. The van der Waals surface area contributed by atoms with Crippen LogP contribution in [0, 0.1) is 0 Å². The van der Waals surface area contributed by atoms with Crippen molar-refractivity contribution in [3.05, 3.63) is 35.0 Å². The molecule has 2 rings (SSSR count). The lowest BCUT2D eigenvalue weighted by Gasteiger charge is -2.02. The Labute approximate surface area is 110 Å². The number of ether oxygens (including phenoxy) is 1. The van der Waals surface area contributed by atoms with E-state index < -0.39 is 0 Å². The van der Waals surface area contributed by atoms with Gasteiger partial charge in [-0.1, -0.05) is 11.6 Å². The van der Waals surface area contributed by atoms with Crippen LogP contribution < -0.4 is 5.32 Å². The van der Waals surface area contributed by atoms with Crippen molar-refractivity contribution in [2.24, 2.45) is 0 Å². The van der Waals surface area contributed by atoms with Crippen LogP contribution in [-0.4, -0.2) is 25.7 Å². The lowest BCUT2D eigenvalue weighted by atomic mass is 10.2. The molecule has 0 unspecified atom stereocenters. The van der Waals surface area contributed by atoms with E-state index in [-0.39, 0.29) is 11.7 Å². The van der Waals surface area contributed by atoms with Gasteiger partial charge in [-0.05, 0) is 31.2 Å². The number of hydrogen-bond donors (Lipinski definition) is 1. The van der Waals surface area contributed by atoms with Gasteiger partial charge in [0.15, 0.2) is 5.76 Å². The van der Waals surface area contributed by atoms with Crippen LogP contribution in [0.2, 0.25) is 5.02 Å². The van der Waals surface area contributed by atoms with Crippen LogP contribution in [0.25, 0.3) is 11.0 Å². The molecular formula is C13H14ClNO3. The number of fused-ring (bicyclic) bond motifs is 1. The molecule has 4 nitrogen and oxygen atoms in total. The largest absolute Gasteiger partial charge is 0.451 e. The van der Waals surface area contributed by atoms with E-state index in [4.69, 9.17) is 20.8 Å². The van der Waals surface area contributed by atoms with E-state index >= 15 is 0 Å². The topological polar surface area (TPSA) is 51.5 Å². The summed E-state index contributed by atoms with van der Waals surface area (Å²) in [5.74, 6) is 0.0331. The monoisotopic (exact) mass is 267 g/mol. The standard InChI is InChI=1S/C13H14ClNO3/c1-2-17-6-5-15-13(16)12-8-9-7-10(14)3-4-11(9)18-12/h3-4,7-8H,2,5-6H2,1H3,(H,15,16). The molecule has 0 bridgehead atoms. The Hall–Kier alpha value is -1.52. The van der Waals surface area contributed by atoms with Crippen LogP contribution in [0.4, 0.5) is 0 Å². The fourth-order valence-electron chi connectivity index (χ4n) is 1.59. The molecule has 5 heteroatoms. The maximum atomic E-state index is 11.8. The first-order valence-electron chi connectivity index (χ1n) is 5.75. The van der Waals surface area contributed by atoms with E-state index in [0.29, 0.717) is 30.4 Å². The zero-order valence-corrected chi connectivity index (χ0v) is 10.8. The third-order valence-electron chi connectivity index (χ3n) is 2.44. The Bertz CT molecular complexity index is 550. The Kier molecular flexibility index (Phi) is 4.23. The molecule has 1 amide bonds. The zero-order valence-electron chi connectivity index (χ0n) is 10.0. The van der Waals surface area contributed by atoms with Gasteiger partial charge in [-0.3, -0.25) is 4.79 Å². The molecule has 1 N–H and O–H groups in total. The highest BCUT2D eigenvalue weighted by molar-refractivity contribution is 6.31. The molecule has 96 valence electrons. The van der Waals surface area contributed by atoms with Crippen molar-refractivity contribution < 1.29 is 13.9 Å². The van der Waals surface area contributed by atoms with Gasteiger partial charge in [0.25, 0.3) is 5.91 Å². The highest BCUT2D eigenvalue weighted by Gasteiger charge is 2.11. The number of carbonyl (C=O) groups excluding carboxylic acids is 1. The van der Waals surface area contributed by atoms with Gasteiger partial charge in [0.1, 0.15) is 5.58 Å². The summed E-state index contributed by atoms with van der Waals surface area (Å²) in [6.07, 6.45) is 0. The third-order valence-corrected chi connectivity index (χ3v) is 2.67. The Morgan fingerprint density at radius 1 is 1.44 bits per heavy atom. The lowest BCUT2D eigenvalue weighted by molar-refractivity contribution is 0.0898. The maximum absolute atomic E-state index is 11.8. The van der Waals surface area contributed by atoms with Gasteiger partial charge in [-0.15, -0.1) is 0 Å². The van der Waals surface area contributed by atoms with Gasteiger partial charge in [0, 0.05) is 23.6 Å². The minimum absolute atomic E-state index is 0.248. The van der Waals surface area contributed by atoms with E-state index in [0.717, 1.165) is 5.39 Å². The fourth-order valence-corrected chi connectivity index (χ4v) is 1.77. The number of hydrogen-bond acceptors (Lipinski definition) is 3. The molecule has 0 aliphatic heterocycles. The van der Waals surface area contributed by atoms with E-state index in [1.54, 1.807) is 24.3 Å². The van der Waals surface area contributed by atoms with Crippen molar-refractivity contribution >= 4 is 28.5 Å². The number of benzene rings is 1. The van der Waals surface area contributed by atoms with Crippen LogP contribution in [0.15, 0.2) is 28.7 Å². The average Bonchev–Trinajstić information content (AvgIpc) is 2.77. The summed E-state index contributed by atoms with van der Waals surface area (Å²) in [5, 5.41) is 4.15. The van der Waals surface area contributed by atoms with Gasteiger partial charge in [-0.2, -0.15) is 0 Å². The summed E-state index contributed by atoms with van der Waals surface area (Å²) in [5.41, 5.74) is 0.648. The SMILES string of the molecule is CCOCCNC(=O)c1cc2cc(Cl)ccc2o1. The molecule has 1 aromatic heterocycles. The molecule has 0 saturated carbocycles. The summed E-state index contributed by atoms with van der Waals surface area (Å²) in [7, 11) is 0. The van der Waals surface area contributed by atoms with E-state index in [1.165, 1.54) is 0 Å². The van der Waals surface area contributed by atoms with Crippen molar-refractivity contribution in [2.45, 2.75) is 6.92 Å². The smallest absolute Gasteiger partial charge is 0.287 e. The molecule has 2 aromatic rings. The third kappa shape index (κ3) is 3.03. The fraction of sp³-hybridized carbons (Fsp3) is 0.308. The first-order valence-corrected chi connectivity index (χ1v) is 6.13. The Balaban J connectivity index is 2.04. The van der Waals surface area contributed by atoms with Crippen LogP contribution in [-0.2, 0) is 4.74 Å². The van der Waals surface area contributed by atoms with Crippen molar-refractivity contribution in [3.63, 3.8) is 0 Å². The summed E-state index contributed by atoms with van der Waals surface area (Å²) < 4.78 is 10.6. The van der Waals surface area contributed by atoms with E-state index in [9.17, 15) is 4.79 Å². The van der Waals surface area contributed by atoms with E-state index in [1.807, 2.05) is 6.92 Å². The molecule has 0 radical (unpaired) electrons. The summed E-state index contributed by atoms with van der Waals surface area (Å²) in [4.78, 5) is 11.8. The van der Waals surface area contributed by atoms with E-state index in [2.05, 4.69) is 5.32 Å². The summed E-state index contributed by atoms with van der Waals surface area (Å²) in [6.45, 7) is 3.50. The highest BCUT2D eigenvalue weighted by atomic mass is 35.5. The molecule has 1 aromatic carbocycles. The normalized spacial score (nSPS) is 10.8. The number of halogens is 1. The van der Waals surface area contributed by atoms with Crippen LogP contribution >= 0.6 is 11.6 Å². The minimum Gasteiger partial charge on any atom is -0.451 e.